The second kappa shape index (κ2) is 9.51. The SMILES string of the molecule is O=C(NCCc1ccccc1)[C@@H]1Cc2cc([N+](=O)[O-])ccc2N2CCN(c3ccccn3)C[C@@H]12. The minimum absolute atomic E-state index is 0.00837. The number of nitro benzene ring substituents is 1. The number of amides is 1. The van der Waals surface area contributed by atoms with Crippen LogP contribution >= 0.6 is 0 Å². The summed E-state index contributed by atoms with van der Waals surface area (Å²) in [5.74, 6) is 0.586. The van der Waals surface area contributed by atoms with Gasteiger partial charge in [-0.1, -0.05) is 36.4 Å². The number of non-ortho nitro benzene ring substituents is 1. The topological polar surface area (TPSA) is 91.6 Å². The molecule has 3 heterocycles. The third-order valence-electron chi connectivity index (χ3n) is 6.77. The molecule has 0 unspecified atom stereocenters. The van der Waals surface area contributed by atoms with Crippen molar-refractivity contribution in [1.82, 2.24) is 10.3 Å². The fourth-order valence-electron chi connectivity index (χ4n) is 5.08. The van der Waals surface area contributed by atoms with Gasteiger partial charge in [0.05, 0.1) is 16.9 Å². The fourth-order valence-corrected chi connectivity index (χ4v) is 5.08. The van der Waals surface area contributed by atoms with Crippen LogP contribution in [0.15, 0.2) is 72.9 Å². The zero-order valence-corrected chi connectivity index (χ0v) is 18.8. The molecule has 8 heteroatoms. The summed E-state index contributed by atoms with van der Waals surface area (Å²) in [4.78, 5) is 33.4. The molecule has 34 heavy (non-hydrogen) atoms. The molecular weight excluding hydrogens is 430 g/mol. The summed E-state index contributed by atoms with van der Waals surface area (Å²) in [6, 6.07) is 20.9. The van der Waals surface area contributed by atoms with E-state index in [1.165, 1.54) is 5.56 Å². The second-order valence-corrected chi connectivity index (χ2v) is 8.80. The van der Waals surface area contributed by atoms with Crippen molar-refractivity contribution in [3.63, 3.8) is 0 Å². The molecule has 3 aromatic rings. The van der Waals surface area contributed by atoms with Crippen molar-refractivity contribution in [3.8, 4) is 0 Å². The van der Waals surface area contributed by atoms with Gasteiger partial charge < -0.3 is 15.1 Å². The molecule has 0 saturated carbocycles. The summed E-state index contributed by atoms with van der Waals surface area (Å²) in [6.07, 6.45) is 3.02. The number of pyridine rings is 1. The van der Waals surface area contributed by atoms with E-state index in [0.29, 0.717) is 19.5 Å². The van der Waals surface area contributed by atoms with Crippen LogP contribution in [-0.4, -0.2) is 48.0 Å². The monoisotopic (exact) mass is 457 g/mol. The average molecular weight is 458 g/mol. The molecule has 1 fully saturated rings. The van der Waals surface area contributed by atoms with E-state index in [-0.39, 0.29) is 28.5 Å². The number of carbonyl (C=O) groups is 1. The van der Waals surface area contributed by atoms with Crippen LogP contribution in [0.5, 0.6) is 0 Å². The van der Waals surface area contributed by atoms with Crippen molar-refractivity contribution in [2.45, 2.75) is 18.9 Å². The quantitative estimate of drug-likeness (QED) is 0.451. The highest BCUT2D eigenvalue weighted by molar-refractivity contribution is 5.82. The lowest BCUT2D eigenvalue weighted by molar-refractivity contribution is -0.384. The highest BCUT2D eigenvalue weighted by atomic mass is 16.6. The minimum Gasteiger partial charge on any atom is -0.364 e. The van der Waals surface area contributed by atoms with Crippen molar-refractivity contribution >= 4 is 23.1 Å². The normalized spacial score (nSPS) is 19.2. The van der Waals surface area contributed by atoms with Gasteiger partial charge in [0.1, 0.15) is 5.82 Å². The summed E-state index contributed by atoms with van der Waals surface area (Å²) in [5.41, 5.74) is 3.09. The predicted octanol–water partition coefficient (Wildman–Crippen LogP) is 3.22. The molecule has 1 saturated heterocycles. The first-order valence-corrected chi connectivity index (χ1v) is 11.6. The van der Waals surface area contributed by atoms with Gasteiger partial charge in [-0.05, 0) is 42.2 Å². The summed E-state index contributed by atoms with van der Waals surface area (Å²) >= 11 is 0. The maximum Gasteiger partial charge on any atom is 0.269 e. The average Bonchev–Trinajstić information content (AvgIpc) is 2.88. The lowest BCUT2D eigenvalue weighted by atomic mass is 9.83. The number of fused-ring (bicyclic) bond motifs is 3. The van der Waals surface area contributed by atoms with E-state index in [4.69, 9.17) is 0 Å². The van der Waals surface area contributed by atoms with Crippen LogP contribution in [0, 0.1) is 16.0 Å². The first kappa shape index (κ1) is 21.9. The molecule has 5 rings (SSSR count). The Kier molecular flexibility index (Phi) is 6.12. The van der Waals surface area contributed by atoms with E-state index in [1.54, 1.807) is 18.3 Å². The van der Waals surface area contributed by atoms with Crippen LogP contribution in [0.1, 0.15) is 11.1 Å². The van der Waals surface area contributed by atoms with E-state index in [9.17, 15) is 14.9 Å². The fraction of sp³-hybridized carbons (Fsp3) is 0.308. The van der Waals surface area contributed by atoms with Crippen molar-refractivity contribution < 1.29 is 9.72 Å². The van der Waals surface area contributed by atoms with Crippen LogP contribution in [-0.2, 0) is 17.6 Å². The number of carbonyl (C=O) groups excluding carboxylic acids is 1. The third-order valence-corrected chi connectivity index (χ3v) is 6.77. The molecule has 1 aromatic heterocycles. The van der Waals surface area contributed by atoms with E-state index in [0.717, 1.165) is 36.6 Å². The van der Waals surface area contributed by atoms with Crippen molar-refractivity contribution in [3.05, 3.63) is 94.2 Å². The molecule has 0 radical (unpaired) electrons. The summed E-state index contributed by atoms with van der Waals surface area (Å²) in [7, 11) is 0. The highest BCUT2D eigenvalue weighted by Gasteiger charge is 2.42. The first-order chi connectivity index (χ1) is 16.6. The number of nitrogens with zero attached hydrogens (tertiary/aromatic N) is 4. The number of hydrogen-bond acceptors (Lipinski definition) is 6. The van der Waals surface area contributed by atoms with Gasteiger partial charge in [-0.2, -0.15) is 0 Å². The zero-order valence-electron chi connectivity index (χ0n) is 18.8. The van der Waals surface area contributed by atoms with Crippen LogP contribution < -0.4 is 15.1 Å². The first-order valence-electron chi connectivity index (χ1n) is 11.6. The minimum atomic E-state index is -0.375. The number of benzene rings is 2. The number of rotatable bonds is 6. The standard InChI is InChI=1S/C26H27N5O3/c32-26(28-13-11-19-6-2-1-3-7-19)22-17-20-16-21(31(33)34)9-10-23(20)30-15-14-29(18-24(22)30)25-8-4-5-12-27-25/h1-10,12,16,22,24H,11,13-15,17-18H2,(H,28,32)/t22-,24+/m1/s1. The number of hydrogen-bond donors (Lipinski definition) is 1. The van der Waals surface area contributed by atoms with Crippen LogP contribution in [0.4, 0.5) is 17.2 Å². The van der Waals surface area contributed by atoms with E-state index in [1.807, 2.05) is 42.5 Å². The molecule has 2 aromatic carbocycles. The molecule has 0 aliphatic carbocycles. The molecule has 1 amide bonds. The maximum absolute atomic E-state index is 13.4. The smallest absolute Gasteiger partial charge is 0.269 e. The Balaban J connectivity index is 1.39. The number of piperazine rings is 1. The number of anilines is 2. The summed E-state index contributed by atoms with van der Waals surface area (Å²) < 4.78 is 0. The number of aromatic nitrogens is 1. The lowest BCUT2D eigenvalue weighted by Gasteiger charge is -2.49. The summed E-state index contributed by atoms with van der Waals surface area (Å²) in [5, 5.41) is 14.5. The van der Waals surface area contributed by atoms with Gasteiger partial charge in [0.25, 0.3) is 5.69 Å². The van der Waals surface area contributed by atoms with Crippen molar-refractivity contribution in [2.75, 3.05) is 36.0 Å². The van der Waals surface area contributed by atoms with E-state index < -0.39 is 0 Å². The second-order valence-electron chi connectivity index (χ2n) is 8.80. The Bertz CT molecular complexity index is 1170. The van der Waals surface area contributed by atoms with Crippen LogP contribution in [0.25, 0.3) is 0 Å². The van der Waals surface area contributed by atoms with Gasteiger partial charge in [0.2, 0.25) is 5.91 Å². The molecule has 0 spiro atoms. The molecule has 2 aliphatic heterocycles. The predicted molar refractivity (Wildman–Crippen MR) is 131 cm³/mol. The number of nitro groups is 1. The molecule has 174 valence electrons. The Morgan fingerprint density at radius 1 is 1.09 bits per heavy atom. The van der Waals surface area contributed by atoms with Crippen LogP contribution in [0.2, 0.25) is 0 Å². The van der Waals surface area contributed by atoms with Crippen molar-refractivity contribution in [1.29, 1.82) is 0 Å². The number of nitrogens with one attached hydrogen (secondary N) is 1. The third kappa shape index (κ3) is 4.44. The van der Waals surface area contributed by atoms with Gasteiger partial charge in [-0.15, -0.1) is 0 Å². The molecule has 0 bridgehead atoms. The van der Waals surface area contributed by atoms with Crippen molar-refractivity contribution in [2.24, 2.45) is 5.92 Å². The Labute approximate surface area is 198 Å². The maximum atomic E-state index is 13.4. The van der Waals surface area contributed by atoms with E-state index in [2.05, 4.69) is 32.2 Å². The van der Waals surface area contributed by atoms with Gasteiger partial charge in [0, 0.05) is 50.2 Å². The highest BCUT2D eigenvalue weighted by Crippen LogP contribution is 2.38. The molecule has 8 nitrogen and oxygen atoms in total. The summed E-state index contributed by atoms with van der Waals surface area (Å²) in [6.45, 7) is 2.72. The Morgan fingerprint density at radius 2 is 1.91 bits per heavy atom. The largest absolute Gasteiger partial charge is 0.364 e. The van der Waals surface area contributed by atoms with Gasteiger partial charge >= 0.3 is 0 Å². The Morgan fingerprint density at radius 3 is 2.68 bits per heavy atom. The lowest BCUT2D eigenvalue weighted by Crippen LogP contribution is -2.61. The van der Waals surface area contributed by atoms with Gasteiger partial charge in [-0.25, -0.2) is 4.98 Å². The Hall–Kier alpha value is -3.94. The van der Waals surface area contributed by atoms with E-state index >= 15 is 0 Å². The molecule has 2 aliphatic rings. The van der Waals surface area contributed by atoms with Gasteiger partial charge in [-0.3, -0.25) is 14.9 Å². The molecule has 2 atom stereocenters. The molecular formula is C26H27N5O3. The molecule has 1 N–H and O–H groups in total. The van der Waals surface area contributed by atoms with Crippen LogP contribution in [0.3, 0.4) is 0 Å². The van der Waals surface area contributed by atoms with Gasteiger partial charge in [0.15, 0.2) is 0 Å². The zero-order chi connectivity index (χ0) is 23.5.